The SMILES string of the molecule is COC(=O)C(=Cc1c(Cl)cccc1Cl)C(=O)CCc1nccs1. The van der Waals surface area contributed by atoms with Crippen molar-refractivity contribution in [2.75, 3.05) is 7.11 Å². The van der Waals surface area contributed by atoms with Crippen molar-refractivity contribution in [1.29, 1.82) is 0 Å². The Balaban J connectivity index is 2.27. The van der Waals surface area contributed by atoms with Gasteiger partial charge in [0.25, 0.3) is 0 Å². The molecular formula is C16H13Cl2NO3S. The van der Waals surface area contributed by atoms with Crippen LogP contribution in [0.3, 0.4) is 0 Å². The van der Waals surface area contributed by atoms with E-state index in [4.69, 9.17) is 27.9 Å². The molecule has 1 aromatic carbocycles. The Labute approximate surface area is 147 Å². The summed E-state index contributed by atoms with van der Waals surface area (Å²) in [6.45, 7) is 0. The summed E-state index contributed by atoms with van der Waals surface area (Å²) in [7, 11) is 1.22. The van der Waals surface area contributed by atoms with Crippen LogP contribution in [0.15, 0.2) is 35.3 Å². The van der Waals surface area contributed by atoms with E-state index in [0.29, 0.717) is 22.0 Å². The number of esters is 1. The maximum absolute atomic E-state index is 12.4. The highest BCUT2D eigenvalue weighted by Crippen LogP contribution is 2.27. The first-order valence-electron chi connectivity index (χ1n) is 6.68. The van der Waals surface area contributed by atoms with Crippen molar-refractivity contribution in [3.63, 3.8) is 0 Å². The van der Waals surface area contributed by atoms with Crippen molar-refractivity contribution >= 4 is 52.4 Å². The van der Waals surface area contributed by atoms with E-state index in [2.05, 4.69) is 4.98 Å². The number of aryl methyl sites for hydroxylation is 1. The molecule has 0 saturated heterocycles. The molecule has 2 aromatic rings. The van der Waals surface area contributed by atoms with E-state index < -0.39 is 5.97 Å². The molecule has 0 aliphatic rings. The van der Waals surface area contributed by atoms with Crippen LogP contribution in [0.1, 0.15) is 17.0 Å². The average molecular weight is 370 g/mol. The normalized spacial score (nSPS) is 11.3. The van der Waals surface area contributed by atoms with E-state index in [1.807, 2.05) is 5.38 Å². The van der Waals surface area contributed by atoms with Crippen LogP contribution in [0.4, 0.5) is 0 Å². The number of hydrogen-bond acceptors (Lipinski definition) is 5. The number of halogens is 2. The number of Topliss-reactive ketones (excluding diaryl/α,β-unsaturated/α-hetero) is 1. The lowest BCUT2D eigenvalue weighted by molar-refractivity contribution is -0.137. The number of thiazole rings is 1. The molecule has 0 N–H and O–H groups in total. The fourth-order valence-corrected chi connectivity index (χ4v) is 3.01. The predicted octanol–water partition coefficient (Wildman–Crippen LogP) is 4.21. The monoisotopic (exact) mass is 369 g/mol. The highest BCUT2D eigenvalue weighted by molar-refractivity contribution is 7.09. The van der Waals surface area contributed by atoms with Crippen LogP contribution in [0.5, 0.6) is 0 Å². The summed E-state index contributed by atoms with van der Waals surface area (Å²) in [6.07, 6.45) is 3.66. The molecule has 0 aliphatic carbocycles. The molecule has 0 fully saturated rings. The summed E-state index contributed by atoms with van der Waals surface area (Å²) >= 11 is 13.6. The molecule has 0 radical (unpaired) electrons. The molecule has 0 amide bonds. The van der Waals surface area contributed by atoms with Crippen LogP contribution < -0.4 is 0 Å². The molecule has 1 aromatic heterocycles. The summed E-state index contributed by atoms with van der Waals surface area (Å²) in [4.78, 5) is 28.4. The van der Waals surface area contributed by atoms with E-state index in [-0.39, 0.29) is 17.8 Å². The number of ketones is 1. The number of carbonyl (C=O) groups is 2. The first-order chi connectivity index (χ1) is 11.0. The lowest BCUT2D eigenvalue weighted by Gasteiger charge is -2.07. The van der Waals surface area contributed by atoms with Gasteiger partial charge >= 0.3 is 5.97 Å². The fraction of sp³-hybridized carbons (Fsp3) is 0.188. The standard InChI is InChI=1S/C16H13Cl2NO3S/c1-22-16(21)11(9-10-12(17)3-2-4-13(10)18)14(20)5-6-15-19-7-8-23-15/h2-4,7-9H,5-6H2,1H3. The van der Waals surface area contributed by atoms with Gasteiger partial charge in [-0.05, 0) is 18.2 Å². The smallest absolute Gasteiger partial charge is 0.341 e. The zero-order valence-electron chi connectivity index (χ0n) is 12.2. The van der Waals surface area contributed by atoms with Gasteiger partial charge in [0.2, 0.25) is 0 Å². The van der Waals surface area contributed by atoms with E-state index in [9.17, 15) is 9.59 Å². The number of rotatable bonds is 6. The zero-order chi connectivity index (χ0) is 16.8. The van der Waals surface area contributed by atoms with Crippen molar-refractivity contribution in [2.24, 2.45) is 0 Å². The minimum absolute atomic E-state index is 0.0842. The number of carbonyl (C=O) groups excluding carboxylic acids is 2. The van der Waals surface area contributed by atoms with Gasteiger partial charge in [0.05, 0.1) is 12.1 Å². The molecule has 2 rings (SSSR count). The Morgan fingerprint density at radius 1 is 1.30 bits per heavy atom. The summed E-state index contributed by atoms with van der Waals surface area (Å²) in [5.74, 6) is -1.06. The Morgan fingerprint density at radius 2 is 2.00 bits per heavy atom. The van der Waals surface area contributed by atoms with Gasteiger partial charge in [0.15, 0.2) is 5.78 Å². The summed E-state index contributed by atoms with van der Waals surface area (Å²) < 4.78 is 4.70. The summed E-state index contributed by atoms with van der Waals surface area (Å²) in [5, 5.41) is 3.37. The van der Waals surface area contributed by atoms with Gasteiger partial charge in [-0.3, -0.25) is 4.79 Å². The number of methoxy groups -OCH3 is 1. The Morgan fingerprint density at radius 3 is 2.57 bits per heavy atom. The molecule has 120 valence electrons. The van der Waals surface area contributed by atoms with Gasteiger partial charge in [0, 0.05) is 40.0 Å². The van der Waals surface area contributed by atoms with Gasteiger partial charge in [-0.2, -0.15) is 0 Å². The van der Waals surface area contributed by atoms with Gasteiger partial charge < -0.3 is 4.74 Å². The Kier molecular flexibility index (Phi) is 6.33. The van der Waals surface area contributed by atoms with Gasteiger partial charge in [-0.15, -0.1) is 11.3 Å². The maximum Gasteiger partial charge on any atom is 0.341 e. The Bertz CT molecular complexity index is 722. The topological polar surface area (TPSA) is 56.3 Å². The van der Waals surface area contributed by atoms with Crippen LogP contribution in [0.25, 0.3) is 6.08 Å². The number of nitrogens with zero attached hydrogens (tertiary/aromatic N) is 1. The van der Waals surface area contributed by atoms with Gasteiger partial charge in [-0.1, -0.05) is 29.3 Å². The van der Waals surface area contributed by atoms with E-state index in [1.54, 1.807) is 24.4 Å². The lowest BCUT2D eigenvalue weighted by Crippen LogP contribution is -2.15. The van der Waals surface area contributed by atoms with E-state index in [1.165, 1.54) is 24.5 Å². The van der Waals surface area contributed by atoms with Crippen LogP contribution in [-0.4, -0.2) is 23.8 Å². The third kappa shape index (κ3) is 4.64. The summed E-state index contributed by atoms with van der Waals surface area (Å²) in [5.41, 5.74) is 0.331. The molecule has 0 unspecified atom stereocenters. The van der Waals surface area contributed by atoms with Crippen molar-refractivity contribution in [3.8, 4) is 0 Å². The molecule has 0 aliphatic heterocycles. The van der Waals surface area contributed by atoms with Crippen LogP contribution in [-0.2, 0) is 20.7 Å². The van der Waals surface area contributed by atoms with Crippen LogP contribution >= 0.6 is 34.5 Å². The van der Waals surface area contributed by atoms with Crippen molar-refractivity contribution in [3.05, 3.63) is 56.0 Å². The van der Waals surface area contributed by atoms with Crippen LogP contribution in [0.2, 0.25) is 10.0 Å². The van der Waals surface area contributed by atoms with Crippen molar-refractivity contribution in [2.45, 2.75) is 12.8 Å². The molecule has 0 atom stereocenters. The third-order valence-corrected chi connectivity index (χ3v) is 4.54. The van der Waals surface area contributed by atoms with Crippen molar-refractivity contribution < 1.29 is 14.3 Å². The van der Waals surface area contributed by atoms with E-state index in [0.717, 1.165) is 5.01 Å². The van der Waals surface area contributed by atoms with E-state index >= 15 is 0 Å². The first-order valence-corrected chi connectivity index (χ1v) is 8.32. The Hall–Kier alpha value is -1.69. The van der Waals surface area contributed by atoms with Gasteiger partial charge in [-0.25, -0.2) is 9.78 Å². The predicted molar refractivity (Wildman–Crippen MR) is 91.9 cm³/mol. The first kappa shape index (κ1) is 17.7. The highest BCUT2D eigenvalue weighted by atomic mass is 35.5. The zero-order valence-corrected chi connectivity index (χ0v) is 14.5. The molecule has 0 bridgehead atoms. The fourth-order valence-electron chi connectivity index (χ4n) is 1.89. The minimum atomic E-state index is -0.717. The molecule has 23 heavy (non-hydrogen) atoms. The number of ether oxygens (including phenoxy) is 1. The quantitative estimate of drug-likeness (QED) is 0.331. The second-order valence-electron chi connectivity index (χ2n) is 4.53. The van der Waals surface area contributed by atoms with Crippen LogP contribution in [0, 0.1) is 0 Å². The second-order valence-corrected chi connectivity index (χ2v) is 6.33. The lowest BCUT2D eigenvalue weighted by atomic mass is 10.0. The minimum Gasteiger partial charge on any atom is -0.465 e. The maximum atomic E-state index is 12.4. The average Bonchev–Trinajstić information content (AvgIpc) is 3.05. The molecule has 7 heteroatoms. The summed E-state index contributed by atoms with van der Waals surface area (Å²) in [6, 6.07) is 4.95. The number of benzene rings is 1. The molecule has 4 nitrogen and oxygen atoms in total. The molecular weight excluding hydrogens is 357 g/mol. The number of hydrogen-bond donors (Lipinski definition) is 0. The highest BCUT2D eigenvalue weighted by Gasteiger charge is 2.20. The second kappa shape index (κ2) is 8.24. The number of aromatic nitrogens is 1. The third-order valence-electron chi connectivity index (χ3n) is 3.04. The molecule has 1 heterocycles. The largest absolute Gasteiger partial charge is 0.465 e. The van der Waals surface area contributed by atoms with Crippen molar-refractivity contribution in [1.82, 2.24) is 4.98 Å². The molecule has 0 spiro atoms. The molecule has 0 saturated carbocycles. The van der Waals surface area contributed by atoms with Gasteiger partial charge in [0.1, 0.15) is 5.57 Å².